The third-order valence-electron chi connectivity index (χ3n) is 5.81. The second-order valence-electron chi connectivity index (χ2n) is 8.12. The van der Waals surface area contributed by atoms with Crippen molar-refractivity contribution in [2.24, 2.45) is 0 Å². The number of amides is 1. The maximum atomic E-state index is 13.2. The summed E-state index contributed by atoms with van der Waals surface area (Å²) in [6.45, 7) is 0.101. The second-order valence-corrected chi connectivity index (χ2v) is 12.0. The molecule has 0 aromatic heterocycles. The zero-order chi connectivity index (χ0) is 24.5. The molecule has 1 aliphatic rings. The number of hydrogen-bond acceptors (Lipinski definition) is 5. The molecule has 3 aromatic carbocycles. The third-order valence-corrected chi connectivity index (χ3v) is 8.83. The Morgan fingerprint density at radius 2 is 1.56 bits per heavy atom. The van der Waals surface area contributed by atoms with Gasteiger partial charge in [0.25, 0.3) is 10.0 Å². The molecule has 0 radical (unpaired) electrons. The highest BCUT2D eigenvalue weighted by atomic mass is 32.2. The molecule has 178 valence electrons. The molecule has 8 nitrogen and oxygen atoms in total. The fourth-order valence-electron chi connectivity index (χ4n) is 3.97. The predicted octanol–water partition coefficient (Wildman–Crippen LogP) is 2.84. The molecule has 1 atom stereocenters. The summed E-state index contributed by atoms with van der Waals surface area (Å²) in [6.07, 6.45) is 1.30. The largest absolute Gasteiger partial charge is 0.325 e. The fourth-order valence-corrected chi connectivity index (χ4v) is 6.21. The van der Waals surface area contributed by atoms with Gasteiger partial charge in [-0.05, 0) is 47.9 Å². The van der Waals surface area contributed by atoms with Crippen LogP contribution in [0.3, 0.4) is 0 Å². The van der Waals surface area contributed by atoms with Crippen LogP contribution in [0.5, 0.6) is 0 Å². The fraction of sp³-hybridized carbons (Fsp3) is 0.208. The Kier molecular flexibility index (Phi) is 6.48. The van der Waals surface area contributed by atoms with Crippen LogP contribution in [-0.2, 0) is 37.8 Å². The lowest BCUT2D eigenvalue weighted by Crippen LogP contribution is -2.50. The van der Waals surface area contributed by atoms with Gasteiger partial charge in [-0.25, -0.2) is 16.8 Å². The summed E-state index contributed by atoms with van der Waals surface area (Å²) in [5, 5.41) is 2.71. The van der Waals surface area contributed by atoms with Gasteiger partial charge in [0.1, 0.15) is 6.04 Å². The van der Waals surface area contributed by atoms with Gasteiger partial charge < -0.3 is 5.32 Å². The van der Waals surface area contributed by atoms with Crippen molar-refractivity contribution in [2.45, 2.75) is 23.9 Å². The van der Waals surface area contributed by atoms with Gasteiger partial charge in [0, 0.05) is 19.3 Å². The van der Waals surface area contributed by atoms with E-state index < -0.39 is 32.0 Å². The zero-order valence-corrected chi connectivity index (χ0v) is 20.4. The summed E-state index contributed by atoms with van der Waals surface area (Å²) in [5.41, 5.74) is 2.53. The van der Waals surface area contributed by atoms with Crippen LogP contribution in [0.1, 0.15) is 11.1 Å². The Hall–Kier alpha value is -3.21. The van der Waals surface area contributed by atoms with Crippen LogP contribution in [0.2, 0.25) is 0 Å². The normalized spacial score (nSPS) is 16.5. The van der Waals surface area contributed by atoms with E-state index in [1.807, 2.05) is 24.3 Å². The van der Waals surface area contributed by atoms with Crippen molar-refractivity contribution in [3.8, 4) is 0 Å². The summed E-state index contributed by atoms with van der Waals surface area (Å²) in [5.74, 6) is -0.522. The van der Waals surface area contributed by atoms with Crippen molar-refractivity contribution >= 4 is 37.3 Å². The van der Waals surface area contributed by atoms with E-state index in [0.29, 0.717) is 5.69 Å². The van der Waals surface area contributed by atoms with Crippen molar-refractivity contribution in [3.05, 3.63) is 90.0 Å². The first-order chi connectivity index (χ1) is 16.1. The number of fused-ring (bicyclic) bond motifs is 1. The number of benzene rings is 3. The van der Waals surface area contributed by atoms with Gasteiger partial charge in [-0.2, -0.15) is 4.31 Å². The number of carbonyl (C=O) groups excluding carboxylic acids is 1. The van der Waals surface area contributed by atoms with Crippen LogP contribution in [0.25, 0.3) is 0 Å². The number of nitrogens with zero attached hydrogens (tertiary/aromatic N) is 2. The molecule has 0 saturated heterocycles. The lowest BCUT2D eigenvalue weighted by Gasteiger charge is -2.34. The minimum absolute atomic E-state index is 0.00520. The monoisotopic (exact) mass is 499 g/mol. The standard InChI is InChI=1S/C24H25N3O5S2/c1-26(21-12-4-3-5-13-21)34(31,32)22-14-8-11-20(16-22)25-24(28)23-15-18-9-6-7-10-19(18)17-27(23)33(2,29)30/h3-14,16,23H,15,17H2,1-2H3,(H,25,28)/t23-/m0/s1. The summed E-state index contributed by atoms with van der Waals surface area (Å²) < 4.78 is 53.4. The van der Waals surface area contributed by atoms with Gasteiger partial charge in [0.2, 0.25) is 15.9 Å². The minimum atomic E-state index is -3.87. The van der Waals surface area contributed by atoms with E-state index in [4.69, 9.17) is 0 Å². The van der Waals surface area contributed by atoms with E-state index in [0.717, 1.165) is 21.7 Å². The third kappa shape index (κ3) is 4.84. The van der Waals surface area contributed by atoms with Crippen LogP contribution in [0.4, 0.5) is 11.4 Å². The number of nitrogens with one attached hydrogen (secondary N) is 1. The summed E-state index contributed by atoms with van der Waals surface area (Å²) >= 11 is 0. The Balaban J connectivity index is 1.60. The van der Waals surface area contributed by atoms with E-state index in [2.05, 4.69) is 5.32 Å². The van der Waals surface area contributed by atoms with E-state index >= 15 is 0 Å². The minimum Gasteiger partial charge on any atom is -0.325 e. The van der Waals surface area contributed by atoms with Gasteiger partial charge in [0.05, 0.1) is 16.8 Å². The van der Waals surface area contributed by atoms with E-state index in [1.54, 1.807) is 36.4 Å². The summed E-state index contributed by atoms with van der Waals surface area (Å²) in [7, 11) is -6.07. The molecule has 1 aliphatic heterocycles. The van der Waals surface area contributed by atoms with Crippen molar-refractivity contribution in [2.75, 3.05) is 22.9 Å². The van der Waals surface area contributed by atoms with Gasteiger partial charge in [-0.15, -0.1) is 0 Å². The lowest BCUT2D eigenvalue weighted by atomic mass is 9.95. The summed E-state index contributed by atoms with van der Waals surface area (Å²) in [4.78, 5) is 13.2. The Labute approximate surface area is 199 Å². The highest BCUT2D eigenvalue weighted by Gasteiger charge is 2.37. The Morgan fingerprint density at radius 1 is 0.912 bits per heavy atom. The molecular formula is C24H25N3O5S2. The van der Waals surface area contributed by atoms with Crippen molar-refractivity contribution < 1.29 is 21.6 Å². The molecule has 10 heteroatoms. The van der Waals surface area contributed by atoms with E-state index in [-0.39, 0.29) is 23.5 Å². The quantitative estimate of drug-likeness (QED) is 0.562. The highest BCUT2D eigenvalue weighted by molar-refractivity contribution is 7.92. The first kappa shape index (κ1) is 23.9. The van der Waals surface area contributed by atoms with E-state index in [9.17, 15) is 21.6 Å². The molecular weight excluding hydrogens is 474 g/mol. The van der Waals surface area contributed by atoms with Crippen LogP contribution < -0.4 is 9.62 Å². The second kappa shape index (κ2) is 9.21. The first-order valence-electron chi connectivity index (χ1n) is 10.6. The smallest absolute Gasteiger partial charge is 0.264 e. The van der Waals surface area contributed by atoms with Gasteiger partial charge in [-0.1, -0.05) is 48.5 Å². The molecule has 1 amide bonds. The average Bonchev–Trinajstić information content (AvgIpc) is 2.83. The molecule has 1 N–H and O–H groups in total. The average molecular weight is 500 g/mol. The molecule has 0 saturated carbocycles. The van der Waals surface area contributed by atoms with Crippen molar-refractivity contribution in [3.63, 3.8) is 0 Å². The molecule has 1 heterocycles. The van der Waals surface area contributed by atoms with Crippen LogP contribution in [-0.4, -0.2) is 46.4 Å². The maximum absolute atomic E-state index is 13.2. The van der Waals surface area contributed by atoms with Gasteiger partial charge >= 0.3 is 0 Å². The van der Waals surface area contributed by atoms with Gasteiger partial charge in [-0.3, -0.25) is 9.10 Å². The van der Waals surface area contributed by atoms with Crippen LogP contribution in [0.15, 0.2) is 83.8 Å². The number of sulfonamides is 2. The Morgan fingerprint density at radius 3 is 2.24 bits per heavy atom. The highest BCUT2D eigenvalue weighted by Crippen LogP contribution is 2.27. The topological polar surface area (TPSA) is 104 Å². The molecule has 0 fully saturated rings. The molecule has 34 heavy (non-hydrogen) atoms. The number of para-hydroxylation sites is 1. The predicted molar refractivity (Wildman–Crippen MR) is 131 cm³/mol. The molecule has 0 spiro atoms. The molecule has 3 aromatic rings. The van der Waals surface area contributed by atoms with Crippen LogP contribution in [0, 0.1) is 0 Å². The first-order valence-corrected chi connectivity index (χ1v) is 13.8. The van der Waals surface area contributed by atoms with Gasteiger partial charge in [0.15, 0.2) is 0 Å². The zero-order valence-electron chi connectivity index (χ0n) is 18.7. The number of hydrogen-bond donors (Lipinski definition) is 1. The molecule has 4 rings (SSSR count). The van der Waals surface area contributed by atoms with Crippen molar-refractivity contribution in [1.82, 2.24) is 4.31 Å². The van der Waals surface area contributed by atoms with Crippen molar-refractivity contribution in [1.29, 1.82) is 0 Å². The number of carbonyl (C=O) groups is 1. The molecule has 0 bridgehead atoms. The Bertz CT molecular complexity index is 1420. The molecule has 0 aliphatic carbocycles. The lowest BCUT2D eigenvalue weighted by molar-refractivity contribution is -0.120. The van der Waals surface area contributed by atoms with E-state index in [1.165, 1.54) is 29.6 Å². The van der Waals surface area contributed by atoms with Crippen LogP contribution >= 0.6 is 0 Å². The summed E-state index contributed by atoms with van der Waals surface area (Å²) in [6, 6.07) is 21.0. The number of rotatable bonds is 6. The maximum Gasteiger partial charge on any atom is 0.264 e. The SMILES string of the molecule is CN(c1ccccc1)S(=O)(=O)c1cccc(NC(=O)[C@@H]2Cc3ccccc3CN2S(C)(=O)=O)c1. The molecule has 0 unspecified atom stereocenters. The number of anilines is 2.